The summed E-state index contributed by atoms with van der Waals surface area (Å²) in [6, 6.07) is 8.25. The summed E-state index contributed by atoms with van der Waals surface area (Å²) in [6.45, 7) is 2.51. The van der Waals surface area contributed by atoms with Crippen LogP contribution in [0.3, 0.4) is 0 Å². The van der Waals surface area contributed by atoms with E-state index in [1.165, 1.54) is 11.8 Å². The zero-order chi connectivity index (χ0) is 16.9. The van der Waals surface area contributed by atoms with Crippen LogP contribution in [0.4, 0.5) is 0 Å². The minimum absolute atomic E-state index is 0.0297. The van der Waals surface area contributed by atoms with Crippen LogP contribution in [0, 0.1) is 5.92 Å². The van der Waals surface area contributed by atoms with E-state index in [0.29, 0.717) is 18.4 Å². The molecule has 0 spiro atoms. The first-order chi connectivity index (χ1) is 11.6. The van der Waals surface area contributed by atoms with Crippen molar-refractivity contribution >= 4 is 5.97 Å². The van der Waals surface area contributed by atoms with E-state index in [2.05, 4.69) is 22.0 Å². The molecule has 1 aromatic heterocycles. The Morgan fingerprint density at radius 2 is 2.21 bits per heavy atom. The fourth-order valence-electron chi connectivity index (χ4n) is 3.15. The highest BCUT2D eigenvalue weighted by molar-refractivity contribution is 5.84. The SMILES string of the molecule is COc1cccc(CC2CCN(Cc3nc(C(=O)O)co3)CC2)c1. The number of carboxylic acids is 1. The Morgan fingerprint density at radius 3 is 2.88 bits per heavy atom. The third-order valence-electron chi connectivity index (χ3n) is 4.50. The number of piperidine rings is 1. The molecule has 24 heavy (non-hydrogen) atoms. The van der Waals surface area contributed by atoms with Crippen LogP contribution in [0.2, 0.25) is 0 Å². The Morgan fingerprint density at radius 1 is 1.42 bits per heavy atom. The molecular formula is C18H22N2O4. The highest BCUT2D eigenvalue weighted by Gasteiger charge is 2.21. The molecule has 0 atom stereocenters. The number of methoxy groups -OCH3 is 1. The number of hydrogen-bond acceptors (Lipinski definition) is 5. The zero-order valence-corrected chi connectivity index (χ0v) is 13.8. The molecule has 1 fully saturated rings. The molecule has 1 aromatic carbocycles. The largest absolute Gasteiger partial charge is 0.497 e. The van der Waals surface area contributed by atoms with Crippen LogP contribution >= 0.6 is 0 Å². The van der Waals surface area contributed by atoms with Gasteiger partial charge in [-0.3, -0.25) is 4.90 Å². The highest BCUT2D eigenvalue weighted by Crippen LogP contribution is 2.24. The summed E-state index contributed by atoms with van der Waals surface area (Å²) in [4.78, 5) is 17.1. The average Bonchev–Trinajstić information content (AvgIpc) is 3.06. The van der Waals surface area contributed by atoms with Gasteiger partial charge >= 0.3 is 5.97 Å². The Balaban J connectivity index is 1.49. The van der Waals surface area contributed by atoms with E-state index in [4.69, 9.17) is 14.3 Å². The van der Waals surface area contributed by atoms with Crippen LogP contribution in [0.25, 0.3) is 0 Å². The first-order valence-corrected chi connectivity index (χ1v) is 8.17. The second-order valence-corrected chi connectivity index (χ2v) is 6.21. The molecule has 0 amide bonds. The second-order valence-electron chi connectivity index (χ2n) is 6.21. The number of ether oxygens (including phenoxy) is 1. The van der Waals surface area contributed by atoms with Gasteiger partial charge in [-0.2, -0.15) is 0 Å². The number of aromatic nitrogens is 1. The average molecular weight is 330 g/mol. The monoisotopic (exact) mass is 330 g/mol. The zero-order valence-electron chi connectivity index (χ0n) is 13.8. The molecule has 6 nitrogen and oxygen atoms in total. The maximum atomic E-state index is 10.8. The molecular weight excluding hydrogens is 308 g/mol. The van der Waals surface area contributed by atoms with Gasteiger partial charge in [-0.25, -0.2) is 9.78 Å². The first-order valence-electron chi connectivity index (χ1n) is 8.17. The molecule has 0 saturated carbocycles. The van der Waals surface area contributed by atoms with E-state index in [1.807, 2.05) is 12.1 Å². The first kappa shape index (κ1) is 16.5. The summed E-state index contributed by atoms with van der Waals surface area (Å²) in [5, 5.41) is 8.87. The molecule has 128 valence electrons. The van der Waals surface area contributed by atoms with Gasteiger partial charge in [-0.1, -0.05) is 12.1 Å². The molecule has 2 aromatic rings. The Labute approximate surface area is 141 Å². The quantitative estimate of drug-likeness (QED) is 0.878. The lowest BCUT2D eigenvalue weighted by molar-refractivity contribution is 0.0690. The van der Waals surface area contributed by atoms with Crippen molar-refractivity contribution in [2.45, 2.75) is 25.8 Å². The molecule has 0 aliphatic carbocycles. The van der Waals surface area contributed by atoms with Crippen molar-refractivity contribution in [3.8, 4) is 5.75 Å². The van der Waals surface area contributed by atoms with E-state index in [-0.39, 0.29) is 5.69 Å². The standard InChI is InChI=1S/C18H22N2O4/c1-23-15-4-2-3-14(10-15)9-13-5-7-20(8-6-13)11-17-19-16(12-24-17)18(21)22/h2-4,10,12-13H,5-9,11H2,1H3,(H,21,22). The normalized spacial score (nSPS) is 16.2. The summed E-state index contributed by atoms with van der Waals surface area (Å²) in [7, 11) is 1.69. The molecule has 6 heteroatoms. The van der Waals surface area contributed by atoms with Crippen molar-refractivity contribution in [2.75, 3.05) is 20.2 Å². The third-order valence-corrected chi connectivity index (χ3v) is 4.50. The lowest BCUT2D eigenvalue weighted by atomic mass is 9.90. The number of rotatable bonds is 6. The number of carbonyl (C=O) groups is 1. The van der Waals surface area contributed by atoms with Crippen LogP contribution < -0.4 is 4.74 Å². The van der Waals surface area contributed by atoms with Gasteiger partial charge in [0.05, 0.1) is 13.7 Å². The minimum Gasteiger partial charge on any atom is -0.497 e. The van der Waals surface area contributed by atoms with Crippen molar-refractivity contribution in [3.63, 3.8) is 0 Å². The van der Waals surface area contributed by atoms with Gasteiger partial charge in [0.25, 0.3) is 0 Å². The van der Waals surface area contributed by atoms with Crippen LogP contribution in [-0.2, 0) is 13.0 Å². The van der Waals surface area contributed by atoms with Crippen LogP contribution in [0.15, 0.2) is 34.9 Å². The van der Waals surface area contributed by atoms with Gasteiger partial charge in [0.15, 0.2) is 5.69 Å². The molecule has 0 bridgehead atoms. The topological polar surface area (TPSA) is 75.8 Å². The molecule has 3 rings (SSSR count). The Hall–Kier alpha value is -2.34. The van der Waals surface area contributed by atoms with Gasteiger partial charge in [-0.05, 0) is 56.0 Å². The van der Waals surface area contributed by atoms with Crippen molar-refractivity contribution in [2.24, 2.45) is 5.92 Å². The van der Waals surface area contributed by atoms with Crippen LogP contribution in [-0.4, -0.2) is 41.2 Å². The number of likely N-dealkylation sites (tertiary alicyclic amines) is 1. The summed E-state index contributed by atoms with van der Waals surface area (Å²) in [6.07, 6.45) is 4.49. The van der Waals surface area contributed by atoms with Crippen LogP contribution in [0.1, 0.15) is 34.8 Å². The maximum Gasteiger partial charge on any atom is 0.357 e. The summed E-state index contributed by atoms with van der Waals surface area (Å²) >= 11 is 0. The van der Waals surface area contributed by atoms with Gasteiger partial charge in [0, 0.05) is 0 Å². The second kappa shape index (κ2) is 7.49. The van der Waals surface area contributed by atoms with Gasteiger partial charge in [0.1, 0.15) is 12.0 Å². The fourth-order valence-corrected chi connectivity index (χ4v) is 3.15. The number of oxazole rings is 1. The predicted molar refractivity (Wildman–Crippen MR) is 88.2 cm³/mol. The number of nitrogens with zero attached hydrogens (tertiary/aromatic N) is 2. The molecule has 0 radical (unpaired) electrons. The predicted octanol–water partition coefficient (Wildman–Crippen LogP) is 2.84. The molecule has 1 N–H and O–H groups in total. The van der Waals surface area contributed by atoms with Gasteiger partial charge in [0.2, 0.25) is 5.89 Å². The van der Waals surface area contributed by atoms with E-state index < -0.39 is 5.97 Å². The van der Waals surface area contributed by atoms with Crippen molar-refractivity contribution < 1.29 is 19.1 Å². The molecule has 1 aliphatic rings. The molecule has 1 aliphatic heterocycles. The maximum absolute atomic E-state index is 10.8. The van der Waals surface area contributed by atoms with E-state index >= 15 is 0 Å². The smallest absolute Gasteiger partial charge is 0.357 e. The number of hydrogen-bond donors (Lipinski definition) is 1. The fraction of sp³-hybridized carbons (Fsp3) is 0.444. The van der Waals surface area contributed by atoms with E-state index in [1.54, 1.807) is 7.11 Å². The number of benzene rings is 1. The van der Waals surface area contributed by atoms with Crippen molar-refractivity contribution in [1.29, 1.82) is 0 Å². The van der Waals surface area contributed by atoms with Gasteiger partial charge in [-0.15, -0.1) is 0 Å². The van der Waals surface area contributed by atoms with Crippen molar-refractivity contribution in [3.05, 3.63) is 47.7 Å². The number of carboxylic acid groups (broad SMARTS) is 1. The highest BCUT2D eigenvalue weighted by atomic mass is 16.5. The van der Waals surface area contributed by atoms with Gasteiger partial charge < -0.3 is 14.3 Å². The number of aromatic carboxylic acids is 1. The van der Waals surface area contributed by atoms with Crippen molar-refractivity contribution in [1.82, 2.24) is 9.88 Å². The summed E-state index contributed by atoms with van der Waals surface area (Å²) < 4.78 is 10.5. The van der Waals surface area contributed by atoms with E-state index in [9.17, 15) is 4.79 Å². The Bertz CT molecular complexity index is 690. The molecule has 2 heterocycles. The molecule has 1 saturated heterocycles. The lowest BCUT2D eigenvalue weighted by Gasteiger charge is -2.31. The summed E-state index contributed by atoms with van der Waals surface area (Å²) in [5.74, 6) is 0.983. The summed E-state index contributed by atoms with van der Waals surface area (Å²) in [5.41, 5.74) is 1.28. The lowest BCUT2D eigenvalue weighted by Crippen LogP contribution is -2.34. The van der Waals surface area contributed by atoms with E-state index in [0.717, 1.165) is 38.1 Å². The van der Waals surface area contributed by atoms with Crippen LogP contribution in [0.5, 0.6) is 5.75 Å². The third kappa shape index (κ3) is 4.14. The Kier molecular flexibility index (Phi) is 5.15. The minimum atomic E-state index is -1.05. The molecule has 0 unspecified atom stereocenters.